The first-order valence-corrected chi connectivity index (χ1v) is 13.3. The van der Waals surface area contributed by atoms with E-state index in [1.807, 2.05) is 6.92 Å². The SMILES string of the molecule is C/C(=C\C=C\c1ccc(C(F)(F)F)cc1)C1OCC(S[C@H](C)[C@](O)(Cn2cncn2)c2ccc(F)cc2F)CO1. The molecule has 6 nitrogen and oxygen atoms in total. The van der Waals surface area contributed by atoms with E-state index in [1.54, 1.807) is 25.2 Å². The molecule has 2 heterocycles. The molecule has 3 aromatic rings. The van der Waals surface area contributed by atoms with Crippen LogP contribution in [0.25, 0.3) is 6.08 Å². The number of thioether (sulfide) groups is 1. The van der Waals surface area contributed by atoms with Gasteiger partial charge in [0, 0.05) is 16.9 Å². The summed E-state index contributed by atoms with van der Waals surface area (Å²) in [5.74, 6) is -1.61. The Labute approximate surface area is 232 Å². The van der Waals surface area contributed by atoms with E-state index < -0.39 is 40.5 Å². The normalized spacial score (nSPS) is 20.9. The van der Waals surface area contributed by atoms with E-state index in [0.717, 1.165) is 29.8 Å². The van der Waals surface area contributed by atoms with E-state index in [1.165, 1.54) is 47.3 Å². The van der Waals surface area contributed by atoms with Gasteiger partial charge in [-0.25, -0.2) is 18.4 Å². The van der Waals surface area contributed by atoms with Crippen LogP contribution in [0.1, 0.15) is 30.5 Å². The van der Waals surface area contributed by atoms with Crippen molar-refractivity contribution in [1.82, 2.24) is 14.8 Å². The van der Waals surface area contributed by atoms with Gasteiger partial charge in [0.2, 0.25) is 0 Å². The summed E-state index contributed by atoms with van der Waals surface area (Å²) in [5.41, 5.74) is -1.13. The third-order valence-corrected chi connectivity index (χ3v) is 7.92. The second-order valence-corrected chi connectivity index (χ2v) is 11.1. The summed E-state index contributed by atoms with van der Waals surface area (Å²) in [4.78, 5) is 3.88. The Balaban J connectivity index is 1.36. The molecule has 0 saturated carbocycles. The summed E-state index contributed by atoms with van der Waals surface area (Å²) >= 11 is 1.35. The van der Waals surface area contributed by atoms with Gasteiger partial charge in [-0.05, 0) is 36.3 Å². The smallest absolute Gasteiger partial charge is 0.382 e. The molecule has 2 atom stereocenters. The fourth-order valence-corrected chi connectivity index (χ4v) is 5.55. The Morgan fingerprint density at radius 1 is 1.15 bits per heavy atom. The van der Waals surface area contributed by atoms with Crippen LogP contribution in [0.2, 0.25) is 0 Å². The summed E-state index contributed by atoms with van der Waals surface area (Å²) in [5, 5.41) is 14.9. The molecule has 1 aliphatic heterocycles. The van der Waals surface area contributed by atoms with Gasteiger partial charge in [-0.2, -0.15) is 18.3 Å². The number of hydrogen-bond acceptors (Lipinski definition) is 6. The number of allylic oxidation sites excluding steroid dienone is 2. The molecule has 1 aliphatic rings. The molecular formula is C28H28F5N3O3S. The quantitative estimate of drug-likeness (QED) is 0.248. The summed E-state index contributed by atoms with van der Waals surface area (Å²) in [6, 6.07) is 7.90. The van der Waals surface area contributed by atoms with Crippen molar-refractivity contribution in [2.24, 2.45) is 0 Å². The van der Waals surface area contributed by atoms with Gasteiger partial charge in [-0.15, -0.1) is 11.8 Å². The van der Waals surface area contributed by atoms with Crippen LogP contribution < -0.4 is 0 Å². The van der Waals surface area contributed by atoms with Crippen LogP contribution in [0.4, 0.5) is 22.0 Å². The predicted molar refractivity (Wildman–Crippen MR) is 141 cm³/mol. The number of ether oxygens (including phenoxy) is 2. The van der Waals surface area contributed by atoms with Crippen molar-refractivity contribution in [1.29, 1.82) is 0 Å². The van der Waals surface area contributed by atoms with E-state index >= 15 is 0 Å². The Hall–Kier alpha value is -3.06. The molecule has 0 aliphatic carbocycles. The maximum absolute atomic E-state index is 14.8. The highest BCUT2D eigenvalue weighted by Gasteiger charge is 2.41. The molecule has 1 saturated heterocycles. The first-order valence-electron chi connectivity index (χ1n) is 12.4. The number of hydrogen-bond donors (Lipinski definition) is 1. The zero-order valence-electron chi connectivity index (χ0n) is 21.7. The van der Waals surface area contributed by atoms with E-state index in [-0.39, 0.29) is 17.4 Å². The summed E-state index contributed by atoms with van der Waals surface area (Å²) in [6.07, 6.45) is 2.85. The Bertz CT molecular complexity index is 1320. The predicted octanol–water partition coefficient (Wildman–Crippen LogP) is 5.99. The second-order valence-electron chi connectivity index (χ2n) is 9.43. The molecule has 0 amide bonds. The molecule has 1 fully saturated rings. The van der Waals surface area contributed by atoms with E-state index in [9.17, 15) is 27.1 Å². The molecule has 40 heavy (non-hydrogen) atoms. The molecule has 2 aromatic carbocycles. The van der Waals surface area contributed by atoms with E-state index in [4.69, 9.17) is 9.47 Å². The molecule has 214 valence electrons. The average molecular weight is 582 g/mol. The molecule has 4 rings (SSSR count). The standard InChI is InChI=1S/C28H28F5N3O3S/c1-18(4-3-5-20-6-8-21(9-7-20)28(31,32)33)26-38-13-23(14-39-26)40-19(2)27(37,15-36-17-34-16-35-36)24-11-10-22(29)12-25(24)30/h3-12,16-17,19,23,26,37H,13-15H2,1-2H3/b5-3+,18-4+/t19-,23?,26?,27-/m1/s1. The third kappa shape index (κ3) is 7.36. The summed E-state index contributed by atoms with van der Waals surface area (Å²) in [7, 11) is 0. The van der Waals surface area contributed by atoms with E-state index in [2.05, 4.69) is 10.1 Å². The Morgan fingerprint density at radius 2 is 1.85 bits per heavy atom. The van der Waals surface area contributed by atoms with Gasteiger partial charge in [0.1, 0.15) is 29.9 Å². The van der Waals surface area contributed by atoms with Crippen molar-refractivity contribution in [2.45, 2.75) is 49.0 Å². The van der Waals surface area contributed by atoms with Gasteiger partial charge in [0.15, 0.2) is 6.29 Å². The first kappa shape index (κ1) is 29.9. The maximum Gasteiger partial charge on any atom is 0.416 e. The van der Waals surface area contributed by atoms with Crippen molar-refractivity contribution in [3.8, 4) is 0 Å². The monoisotopic (exact) mass is 581 g/mol. The van der Waals surface area contributed by atoms with Crippen LogP contribution in [-0.2, 0) is 27.8 Å². The Morgan fingerprint density at radius 3 is 2.45 bits per heavy atom. The fourth-order valence-electron chi connectivity index (χ4n) is 4.24. The number of aromatic nitrogens is 3. The molecule has 1 aromatic heterocycles. The molecule has 0 radical (unpaired) electrons. The molecular weight excluding hydrogens is 553 g/mol. The molecule has 0 unspecified atom stereocenters. The van der Waals surface area contributed by atoms with Gasteiger partial charge in [0.05, 0.1) is 30.6 Å². The lowest BCUT2D eigenvalue weighted by Gasteiger charge is -2.38. The van der Waals surface area contributed by atoms with E-state index in [0.29, 0.717) is 18.8 Å². The first-order chi connectivity index (χ1) is 19.0. The van der Waals surface area contributed by atoms with Crippen molar-refractivity contribution < 1.29 is 36.5 Å². The van der Waals surface area contributed by atoms with Crippen LogP contribution in [0.5, 0.6) is 0 Å². The largest absolute Gasteiger partial charge is 0.416 e. The number of halogens is 5. The minimum Gasteiger partial charge on any atom is -0.382 e. The minimum atomic E-state index is -4.38. The molecule has 1 N–H and O–H groups in total. The second kappa shape index (κ2) is 12.6. The molecule has 12 heteroatoms. The highest BCUT2D eigenvalue weighted by molar-refractivity contribution is 8.00. The third-order valence-electron chi connectivity index (χ3n) is 6.46. The Kier molecular flexibility index (Phi) is 9.44. The van der Waals surface area contributed by atoms with Crippen LogP contribution in [0, 0.1) is 11.6 Å². The van der Waals surface area contributed by atoms with Crippen LogP contribution in [0.15, 0.2) is 72.8 Å². The number of nitrogens with zero attached hydrogens (tertiary/aromatic N) is 3. The van der Waals surface area contributed by atoms with Gasteiger partial charge in [-0.1, -0.05) is 43.4 Å². The minimum absolute atomic E-state index is 0.0569. The van der Waals surface area contributed by atoms with Crippen LogP contribution in [0.3, 0.4) is 0 Å². The lowest BCUT2D eigenvalue weighted by atomic mass is 9.90. The van der Waals surface area contributed by atoms with Crippen LogP contribution in [-0.4, -0.2) is 49.9 Å². The lowest BCUT2D eigenvalue weighted by molar-refractivity contribution is -0.153. The zero-order valence-corrected chi connectivity index (χ0v) is 22.5. The fraction of sp³-hybridized carbons (Fsp3) is 0.357. The zero-order chi connectivity index (χ0) is 28.9. The van der Waals surface area contributed by atoms with Crippen molar-refractivity contribution >= 4 is 17.8 Å². The van der Waals surface area contributed by atoms with Crippen molar-refractivity contribution in [3.63, 3.8) is 0 Å². The van der Waals surface area contributed by atoms with Crippen molar-refractivity contribution in [3.05, 3.63) is 101 Å². The molecule has 0 bridgehead atoms. The number of aliphatic hydroxyl groups is 1. The molecule has 0 spiro atoms. The number of benzene rings is 2. The van der Waals surface area contributed by atoms with Crippen molar-refractivity contribution in [2.75, 3.05) is 13.2 Å². The average Bonchev–Trinajstić information content (AvgIpc) is 3.41. The van der Waals surface area contributed by atoms with Gasteiger partial charge in [0.25, 0.3) is 0 Å². The maximum atomic E-state index is 14.8. The van der Waals surface area contributed by atoms with Gasteiger partial charge < -0.3 is 14.6 Å². The number of alkyl halides is 3. The number of rotatable bonds is 9. The van der Waals surface area contributed by atoms with Gasteiger partial charge in [-0.3, -0.25) is 0 Å². The highest BCUT2D eigenvalue weighted by atomic mass is 32.2. The van der Waals surface area contributed by atoms with Crippen LogP contribution >= 0.6 is 11.8 Å². The summed E-state index contributed by atoms with van der Waals surface area (Å²) in [6.45, 7) is 4.03. The summed E-state index contributed by atoms with van der Waals surface area (Å²) < 4.78 is 79.6. The van der Waals surface area contributed by atoms with Gasteiger partial charge >= 0.3 is 6.18 Å². The topological polar surface area (TPSA) is 69.4 Å². The highest BCUT2D eigenvalue weighted by Crippen LogP contribution is 2.39. The lowest BCUT2D eigenvalue weighted by Crippen LogP contribution is -2.44.